The second-order valence-electron chi connectivity index (χ2n) is 6.34. The molecule has 154 valence electrons. The van der Waals surface area contributed by atoms with Crippen molar-refractivity contribution in [1.29, 1.82) is 0 Å². The Kier molecular flexibility index (Phi) is 6.49. The Hall–Kier alpha value is -4.07. The molecule has 3 rings (SSSR count). The summed E-state index contributed by atoms with van der Waals surface area (Å²) in [7, 11) is 3.10. The van der Waals surface area contributed by atoms with Crippen LogP contribution in [0, 0.1) is 10.1 Å². The summed E-state index contributed by atoms with van der Waals surface area (Å²) in [5.74, 6) is 0.819. The van der Waals surface area contributed by atoms with Gasteiger partial charge in [-0.3, -0.25) is 14.9 Å². The molecule has 3 aromatic rings. The molecule has 0 aliphatic carbocycles. The van der Waals surface area contributed by atoms with E-state index in [4.69, 9.17) is 9.47 Å². The molecule has 0 bridgehead atoms. The van der Waals surface area contributed by atoms with Crippen molar-refractivity contribution < 1.29 is 19.2 Å². The van der Waals surface area contributed by atoms with Gasteiger partial charge in [-0.05, 0) is 30.3 Å². The summed E-state index contributed by atoms with van der Waals surface area (Å²) in [4.78, 5) is 23.6. The second kappa shape index (κ2) is 9.42. The van der Waals surface area contributed by atoms with E-state index < -0.39 is 10.8 Å². The molecule has 0 saturated heterocycles. The van der Waals surface area contributed by atoms with Crippen LogP contribution in [-0.4, -0.2) is 25.1 Å². The van der Waals surface area contributed by atoms with Crippen molar-refractivity contribution in [3.05, 3.63) is 88.0 Å². The molecule has 0 saturated carbocycles. The number of hydrogen-bond donors (Lipinski definition) is 2. The zero-order chi connectivity index (χ0) is 21.5. The first-order valence-corrected chi connectivity index (χ1v) is 9.11. The van der Waals surface area contributed by atoms with Crippen molar-refractivity contribution in [2.45, 2.75) is 6.54 Å². The minimum atomic E-state index is -0.521. The highest BCUT2D eigenvalue weighted by Gasteiger charge is 2.18. The molecule has 0 atom stereocenters. The number of benzene rings is 3. The maximum atomic E-state index is 12.6. The van der Waals surface area contributed by atoms with Gasteiger partial charge in [0.25, 0.3) is 11.6 Å². The lowest BCUT2D eigenvalue weighted by atomic mass is 10.1. The van der Waals surface area contributed by atoms with E-state index in [2.05, 4.69) is 10.6 Å². The predicted molar refractivity (Wildman–Crippen MR) is 114 cm³/mol. The van der Waals surface area contributed by atoms with Crippen LogP contribution in [0.3, 0.4) is 0 Å². The number of carbonyl (C=O) groups is 1. The standard InChI is InChI=1S/C22H21N3O5/c1-29-18-8-5-7-17(13-18)24-22(26)15-10-11-19(20(12-15)25(27)28)23-14-16-6-3-4-9-21(16)30-2/h3-13,23H,14H2,1-2H3,(H,24,26). The normalized spacial score (nSPS) is 10.2. The van der Waals surface area contributed by atoms with Crippen LogP contribution >= 0.6 is 0 Å². The maximum absolute atomic E-state index is 12.6. The highest BCUT2D eigenvalue weighted by Crippen LogP contribution is 2.28. The van der Waals surface area contributed by atoms with Crippen LogP contribution in [0.5, 0.6) is 11.5 Å². The molecule has 0 radical (unpaired) electrons. The summed E-state index contributed by atoms with van der Waals surface area (Å²) in [5.41, 5.74) is 1.67. The van der Waals surface area contributed by atoms with Crippen molar-refractivity contribution in [3.63, 3.8) is 0 Å². The molecular weight excluding hydrogens is 386 g/mol. The average molecular weight is 407 g/mol. The summed E-state index contributed by atoms with van der Waals surface area (Å²) in [5, 5.41) is 17.3. The summed E-state index contributed by atoms with van der Waals surface area (Å²) < 4.78 is 10.4. The molecule has 0 heterocycles. The molecular formula is C22H21N3O5. The molecule has 3 aromatic carbocycles. The van der Waals surface area contributed by atoms with Crippen LogP contribution < -0.4 is 20.1 Å². The SMILES string of the molecule is COc1cccc(NC(=O)c2ccc(NCc3ccccc3OC)c([N+](=O)[O-])c2)c1. The fraction of sp³-hybridized carbons (Fsp3) is 0.136. The number of methoxy groups -OCH3 is 2. The van der Waals surface area contributed by atoms with E-state index in [1.165, 1.54) is 25.3 Å². The van der Waals surface area contributed by atoms with E-state index in [0.717, 1.165) is 5.56 Å². The molecule has 8 nitrogen and oxygen atoms in total. The molecule has 0 aliphatic heterocycles. The minimum absolute atomic E-state index is 0.173. The van der Waals surface area contributed by atoms with Gasteiger partial charge in [0.2, 0.25) is 0 Å². The van der Waals surface area contributed by atoms with Crippen LogP contribution in [0.25, 0.3) is 0 Å². The first kappa shape index (κ1) is 20.7. The average Bonchev–Trinajstić information content (AvgIpc) is 2.77. The molecule has 8 heteroatoms. The Morgan fingerprint density at radius 1 is 1.00 bits per heavy atom. The smallest absolute Gasteiger partial charge is 0.293 e. The Labute approximate surface area is 173 Å². The van der Waals surface area contributed by atoms with E-state index >= 15 is 0 Å². The maximum Gasteiger partial charge on any atom is 0.293 e. The summed E-state index contributed by atoms with van der Waals surface area (Å²) >= 11 is 0. The third kappa shape index (κ3) is 4.85. The Balaban J connectivity index is 1.79. The number of amides is 1. The fourth-order valence-corrected chi connectivity index (χ4v) is 2.92. The van der Waals surface area contributed by atoms with E-state index in [1.54, 1.807) is 31.4 Å². The summed E-state index contributed by atoms with van der Waals surface area (Å²) in [6, 6.07) is 18.6. The summed E-state index contributed by atoms with van der Waals surface area (Å²) in [6.07, 6.45) is 0. The third-order valence-electron chi connectivity index (χ3n) is 4.45. The highest BCUT2D eigenvalue weighted by atomic mass is 16.6. The number of rotatable bonds is 8. The number of carbonyl (C=O) groups excluding carboxylic acids is 1. The number of nitrogens with one attached hydrogen (secondary N) is 2. The molecule has 0 aliphatic rings. The quantitative estimate of drug-likeness (QED) is 0.422. The van der Waals surface area contributed by atoms with Crippen molar-refractivity contribution >= 4 is 23.0 Å². The van der Waals surface area contributed by atoms with Gasteiger partial charge in [-0.15, -0.1) is 0 Å². The number of para-hydroxylation sites is 1. The van der Waals surface area contributed by atoms with Crippen LogP contribution in [0.15, 0.2) is 66.7 Å². The molecule has 30 heavy (non-hydrogen) atoms. The van der Waals surface area contributed by atoms with Gasteiger partial charge in [0.05, 0.1) is 19.1 Å². The lowest BCUT2D eigenvalue weighted by molar-refractivity contribution is -0.384. The zero-order valence-electron chi connectivity index (χ0n) is 16.5. The molecule has 0 spiro atoms. The number of ether oxygens (including phenoxy) is 2. The van der Waals surface area contributed by atoms with Crippen molar-refractivity contribution in [3.8, 4) is 11.5 Å². The molecule has 1 amide bonds. The van der Waals surface area contributed by atoms with Gasteiger partial charge in [-0.25, -0.2) is 0 Å². The van der Waals surface area contributed by atoms with Gasteiger partial charge in [-0.2, -0.15) is 0 Å². The van der Waals surface area contributed by atoms with Crippen molar-refractivity contribution in [1.82, 2.24) is 0 Å². The first-order chi connectivity index (χ1) is 14.5. The van der Waals surface area contributed by atoms with Crippen LogP contribution in [0.2, 0.25) is 0 Å². The molecule has 0 aromatic heterocycles. The Morgan fingerprint density at radius 3 is 2.53 bits per heavy atom. The largest absolute Gasteiger partial charge is 0.497 e. The Morgan fingerprint density at radius 2 is 1.80 bits per heavy atom. The lowest BCUT2D eigenvalue weighted by Gasteiger charge is -2.12. The number of anilines is 2. The van der Waals surface area contributed by atoms with Crippen LogP contribution in [-0.2, 0) is 6.54 Å². The van der Waals surface area contributed by atoms with E-state index in [9.17, 15) is 14.9 Å². The molecule has 0 fully saturated rings. The number of hydrogen-bond acceptors (Lipinski definition) is 6. The Bertz CT molecular complexity index is 1070. The second-order valence-corrected chi connectivity index (χ2v) is 6.34. The van der Waals surface area contributed by atoms with Gasteiger partial charge in [0.1, 0.15) is 17.2 Å². The number of nitrogens with zero attached hydrogens (tertiary/aromatic N) is 1. The topological polar surface area (TPSA) is 103 Å². The number of nitro benzene ring substituents is 1. The predicted octanol–water partition coefficient (Wildman–Crippen LogP) is 4.48. The third-order valence-corrected chi connectivity index (χ3v) is 4.45. The minimum Gasteiger partial charge on any atom is -0.497 e. The fourth-order valence-electron chi connectivity index (χ4n) is 2.92. The van der Waals surface area contributed by atoms with Crippen molar-refractivity contribution in [2.24, 2.45) is 0 Å². The lowest BCUT2D eigenvalue weighted by Crippen LogP contribution is -2.13. The van der Waals surface area contributed by atoms with E-state index in [-0.39, 0.29) is 11.3 Å². The monoisotopic (exact) mass is 407 g/mol. The van der Waals surface area contributed by atoms with Gasteiger partial charge in [-0.1, -0.05) is 24.3 Å². The van der Waals surface area contributed by atoms with E-state index in [1.807, 2.05) is 24.3 Å². The highest BCUT2D eigenvalue weighted by molar-refractivity contribution is 6.05. The molecule has 2 N–H and O–H groups in total. The van der Waals surface area contributed by atoms with Crippen molar-refractivity contribution in [2.75, 3.05) is 24.9 Å². The van der Waals surface area contributed by atoms with Gasteiger partial charge in [0, 0.05) is 35.5 Å². The summed E-state index contributed by atoms with van der Waals surface area (Å²) in [6.45, 7) is 0.334. The van der Waals surface area contributed by atoms with E-state index in [0.29, 0.717) is 29.4 Å². The van der Waals surface area contributed by atoms with Gasteiger partial charge >= 0.3 is 0 Å². The zero-order valence-corrected chi connectivity index (χ0v) is 16.5. The van der Waals surface area contributed by atoms with Crippen LogP contribution in [0.1, 0.15) is 15.9 Å². The molecule has 0 unspecified atom stereocenters. The van der Waals surface area contributed by atoms with Gasteiger partial charge < -0.3 is 20.1 Å². The first-order valence-electron chi connectivity index (χ1n) is 9.11. The van der Waals surface area contributed by atoms with Crippen LogP contribution in [0.4, 0.5) is 17.1 Å². The van der Waals surface area contributed by atoms with Gasteiger partial charge in [0.15, 0.2) is 0 Å². The number of nitro groups is 1.